The minimum atomic E-state index is 0.658. The Morgan fingerprint density at radius 3 is 2.81 bits per heavy atom. The first-order valence-electron chi connectivity index (χ1n) is 6.72. The van der Waals surface area contributed by atoms with Crippen molar-refractivity contribution >= 4 is 0 Å². The molecule has 0 aromatic rings. The van der Waals surface area contributed by atoms with Crippen LogP contribution in [0.15, 0.2) is 0 Å². The van der Waals surface area contributed by atoms with Gasteiger partial charge in [0, 0.05) is 32.2 Å². The molecule has 1 fully saturated rings. The van der Waals surface area contributed by atoms with Gasteiger partial charge in [0.05, 0.1) is 0 Å². The maximum atomic E-state index is 3.54. The molecule has 1 aliphatic heterocycles. The topological polar surface area (TPSA) is 18.5 Å². The molecule has 1 saturated heterocycles. The van der Waals surface area contributed by atoms with Crippen LogP contribution in [0.5, 0.6) is 0 Å². The normalized spacial score (nSPS) is 24.2. The Bertz CT molecular complexity index is 184. The lowest BCUT2D eigenvalue weighted by molar-refractivity contribution is 0.270. The van der Waals surface area contributed by atoms with Gasteiger partial charge in [0.2, 0.25) is 0 Å². The summed E-state index contributed by atoms with van der Waals surface area (Å²) in [7, 11) is 4.47. The molecule has 0 bridgehead atoms. The number of nitrogens with zero attached hydrogens (tertiary/aromatic N) is 2. The molecular weight excluding hydrogens is 198 g/mol. The number of hydrogen-bond acceptors (Lipinski definition) is 3. The Labute approximate surface area is 101 Å². The Morgan fingerprint density at radius 2 is 2.25 bits per heavy atom. The average molecular weight is 227 g/mol. The molecule has 0 aliphatic carbocycles. The highest BCUT2D eigenvalue weighted by Gasteiger charge is 2.20. The number of likely N-dealkylation sites (tertiary alicyclic amines) is 1. The van der Waals surface area contributed by atoms with Crippen LogP contribution in [0.1, 0.15) is 26.7 Å². The molecule has 1 rings (SSSR count). The van der Waals surface area contributed by atoms with Gasteiger partial charge < -0.3 is 15.1 Å². The van der Waals surface area contributed by atoms with E-state index in [1.54, 1.807) is 0 Å². The van der Waals surface area contributed by atoms with Crippen LogP contribution in [0.2, 0.25) is 0 Å². The fraction of sp³-hybridized carbons (Fsp3) is 1.00. The van der Waals surface area contributed by atoms with E-state index in [1.807, 2.05) is 0 Å². The van der Waals surface area contributed by atoms with E-state index in [2.05, 4.69) is 43.1 Å². The largest absolute Gasteiger partial charge is 0.313 e. The van der Waals surface area contributed by atoms with Crippen molar-refractivity contribution in [2.75, 3.05) is 46.8 Å². The number of rotatable bonds is 7. The first-order chi connectivity index (χ1) is 7.61. The molecule has 0 radical (unpaired) electrons. The molecule has 1 heterocycles. The summed E-state index contributed by atoms with van der Waals surface area (Å²) in [6.07, 6.45) is 2.59. The smallest absolute Gasteiger partial charge is 0.0104 e. The van der Waals surface area contributed by atoms with Crippen molar-refractivity contribution in [3.8, 4) is 0 Å². The van der Waals surface area contributed by atoms with Gasteiger partial charge >= 0.3 is 0 Å². The zero-order valence-electron chi connectivity index (χ0n) is 11.5. The van der Waals surface area contributed by atoms with Crippen LogP contribution in [0.25, 0.3) is 0 Å². The van der Waals surface area contributed by atoms with Crippen LogP contribution < -0.4 is 5.32 Å². The van der Waals surface area contributed by atoms with E-state index in [4.69, 9.17) is 0 Å². The van der Waals surface area contributed by atoms with E-state index in [0.717, 1.165) is 12.5 Å². The fourth-order valence-electron chi connectivity index (χ4n) is 2.35. The zero-order valence-corrected chi connectivity index (χ0v) is 11.5. The molecular formula is C13H29N3. The van der Waals surface area contributed by atoms with Gasteiger partial charge in [-0.25, -0.2) is 0 Å². The third kappa shape index (κ3) is 5.28. The van der Waals surface area contributed by atoms with Crippen molar-refractivity contribution in [1.29, 1.82) is 0 Å². The van der Waals surface area contributed by atoms with Crippen LogP contribution in [-0.2, 0) is 0 Å². The highest BCUT2D eigenvalue weighted by molar-refractivity contribution is 4.75. The van der Waals surface area contributed by atoms with Crippen molar-refractivity contribution in [1.82, 2.24) is 15.1 Å². The second-order valence-electron chi connectivity index (χ2n) is 5.44. The number of hydrogen-bond donors (Lipinski definition) is 1. The number of nitrogens with one attached hydrogen (secondary N) is 1. The Balaban J connectivity index is 2.04. The first-order valence-corrected chi connectivity index (χ1v) is 6.72. The Hall–Kier alpha value is -0.120. The lowest BCUT2D eigenvalue weighted by atomic mass is 10.1. The van der Waals surface area contributed by atoms with E-state index in [0.29, 0.717) is 6.04 Å². The fourth-order valence-corrected chi connectivity index (χ4v) is 2.35. The first kappa shape index (κ1) is 13.9. The van der Waals surface area contributed by atoms with E-state index in [1.165, 1.54) is 39.0 Å². The van der Waals surface area contributed by atoms with Gasteiger partial charge in [-0.05, 0) is 46.3 Å². The summed E-state index contributed by atoms with van der Waals surface area (Å²) in [6, 6.07) is 0.658. The molecule has 0 saturated carbocycles. The second kappa shape index (κ2) is 7.25. The molecule has 3 nitrogen and oxygen atoms in total. The quantitative estimate of drug-likeness (QED) is 0.706. The van der Waals surface area contributed by atoms with Crippen LogP contribution in [0.4, 0.5) is 0 Å². The molecule has 16 heavy (non-hydrogen) atoms. The van der Waals surface area contributed by atoms with Gasteiger partial charge in [0.1, 0.15) is 0 Å². The maximum Gasteiger partial charge on any atom is 0.0104 e. The predicted octanol–water partition coefficient (Wildman–Crippen LogP) is 1.26. The minimum absolute atomic E-state index is 0.658. The molecule has 2 unspecified atom stereocenters. The van der Waals surface area contributed by atoms with Crippen LogP contribution in [0, 0.1) is 5.92 Å². The van der Waals surface area contributed by atoms with E-state index in [-0.39, 0.29) is 0 Å². The SMILES string of the molecule is CCC(C)NCCN(C)CC1CCN(C)C1. The monoisotopic (exact) mass is 227 g/mol. The van der Waals surface area contributed by atoms with E-state index >= 15 is 0 Å². The summed E-state index contributed by atoms with van der Waals surface area (Å²) in [5.74, 6) is 0.888. The molecule has 96 valence electrons. The second-order valence-corrected chi connectivity index (χ2v) is 5.44. The summed E-state index contributed by atoms with van der Waals surface area (Å²) in [4.78, 5) is 4.91. The molecule has 1 aliphatic rings. The summed E-state index contributed by atoms with van der Waals surface area (Å²) in [5, 5.41) is 3.54. The highest BCUT2D eigenvalue weighted by Crippen LogP contribution is 2.14. The van der Waals surface area contributed by atoms with Crippen molar-refractivity contribution < 1.29 is 0 Å². The Kier molecular flexibility index (Phi) is 6.32. The van der Waals surface area contributed by atoms with Crippen molar-refractivity contribution in [3.05, 3.63) is 0 Å². The molecule has 0 amide bonds. The van der Waals surface area contributed by atoms with Gasteiger partial charge in [0.15, 0.2) is 0 Å². The van der Waals surface area contributed by atoms with Gasteiger partial charge in [-0.3, -0.25) is 0 Å². The third-order valence-electron chi connectivity index (χ3n) is 3.66. The van der Waals surface area contributed by atoms with E-state index in [9.17, 15) is 0 Å². The lowest BCUT2D eigenvalue weighted by Gasteiger charge is -2.22. The van der Waals surface area contributed by atoms with Crippen LogP contribution >= 0.6 is 0 Å². The molecule has 0 aromatic carbocycles. The third-order valence-corrected chi connectivity index (χ3v) is 3.66. The standard InChI is InChI=1S/C13H29N3/c1-5-12(2)14-7-9-16(4)11-13-6-8-15(3)10-13/h12-14H,5-11H2,1-4H3. The van der Waals surface area contributed by atoms with Gasteiger partial charge in [-0.15, -0.1) is 0 Å². The van der Waals surface area contributed by atoms with Crippen molar-refractivity contribution in [3.63, 3.8) is 0 Å². The summed E-state index contributed by atoms with van der Waals surface area (Å²) < 4.78 is 0. The Morgan fingerprint density at radius 1 is 1.50 bits per heavy atom. The molecule has 0 spiro atoms. The molecule has 1 N–H and O–H groups in total. The van der Waals surface area contributed by atoms with Crippen molar-refractivity contribution in [2.45, 2.75) is 32.7 Å². The lowest BCUT2D eigenvalue weighted by Crippen LogP contribution is -2.36. The summed E-state index contributed by atoms with van der Waals surface area (Å²) >= 11 is 0. The van der Waals surface area contributed by atoms with Crippen LogP contribution in [-0.4, -0.2) is 62.7 Å². The van der Waals surface area contributed by atoms with Crippen molar-refractivity contribution in [2.24, 2.45) is 5.92 Å². The zero-order chi connectivity index (χ0) is 12.0. The highest BCUT2D eigenvalue weighted by atomic mass is 15.2. The van der Waals surface area contributed by atoms with Gasteiger partial charge in [0.25, 0.3) is 0 Å². The maximum absolute atomic E-state index is 3.54. The molecule has 0 aromatic heterocycles. The van der Waals surface area contributed by atoms with Gasteiger partial charge in [-0.1, -0.05) is 6.92 Å². The summed E-state index contributed by atoms with van der Waals surface area (Å²) in [6.45, 7) is 10.6. The minimum Gasteiger partial charge on any atom is -0.313 e. The average Bonchev–Trinajstić information content (AvgIpc) is 2.63. The summed E-state index contributed by atoms with van der Waals surface area (Å²) in [5.41, 5.74) is 0. The van der Waals surface area contributed by atoms with E-state index < -0.39 is 0 Å². The van der Waals surface area contributed by atoms with Gasteiger partial charge in [-0.2, -0.15) is 0 Å². The molecule has 3 heteroatoms. The number of likely N-dealkylation sites (N-methyl/N-ethyl adjacent to an activating group) is 1. The predicted molar refractivity (Wildman–Crippen MR) is 70.9 cm³/mol. The molecule has 2 atom stereocenters. The van der Waals surface area contributed by atoms with Crippen LogP contribution in [0.3, 0.4) is 0 Å².